The highest BCUT2D eigenvalue weighted by Gasteiger charge is 2.19. The Kier molecular flexibility index (Phi) is 12.7. The number of aryl methyl sites for hydroxylation is 1. The Morgan fingerprint density at radius 2 is 1.78 bits per heavy atom. The summed E-state index contributed by atoms with van der Waals surface area (Å²) in [7, 11) is 0. The molecule has 1 aromatic carbocycles. The molecule has 154 valence electrons. The van der Waals surface area contributed by atoms with Crippen molar-refractivity contribution in [3.8, 4) is 0 Å². The van der Waals surface area contributed by atoms with Gasteiger partial charge in [-0.15, -0.1) is 24.0 Å². The van der Waals surface area contributed by atoms with Crippen molar-refractivity contribution in [2.75, 3.05) is 52.4 Å². The molecule has 6 heteroatoms. The van der Waals surface area contributed by atoms with Crippen molar-refractivity contribution in [1.29, 1.82) is 0 Å². The van der Waals surface area contributed by atoms with Crippen molar-refractivity contribution in [2.45, 2.75) is 39.7 Å². The van der Waals surface area contributed by atoms with E-state index in [4.69, 9.17) is 4.99 Å². The second-order valence-electron chi connectivity index (χ2n) is 7.05. The molecule has 1 aliphatic rings. The van der Waals surface area contributed by atoms with Gasteiger partial charge in [0.1, 0.15) is 0 Å². The Morgan fingerprint density at radius 1 is 1.07 bits per heavy atom. The average molecular weight is 487 g/mol. The van der Waals surface area contributed by atoms with Crippen LogP contribution in [0.5, 0.6) is 0 Å². The van der Waals surface area contributed by atoms with Crippen LogP contribution in [-0.2, 0) is 6.42 Å². The number of aliphatic imine (C=N–C) groups is 1. The lowest BCUT2D eigenvalue weighted by molar-refractivity contribution is 0.109. The summed E-state index contributed by atoms with van der Waals surface area (Å²) < 4.78 is 0. The number of hydrogen-bond donors (Lipinski definition) is 2. The lowest BCUT2D eigenvalue weighted by Crippen LogP contribution is -2.50. The molecule has 1 aromatic rings. The predicted molar refractivity (Wildman–Crippen MR) is 127 cm³/mol. The molecule has 1 aliphatic heterocycles. The number of guanidine groups is 1. The van der Waals surface area contributed by atoms with Crippen molar-refractivity contribution in [3.63, 3.8) is 0 Å². The zero-order chi connectivity index (χ0) is 18.6. The number of nitrogens with zero attached hydrogens (tertiary/aromatic N) is 3. The van der Waals surface area contributed by atoms with E-state index in [-0.39, 0.29) is 24.0 Å². The van der Waals surface area contributed by atoms with E-state index >= 15 is 0 Å². The highest BCUT2D eigenvalue weighted by molar-refractivity contribution is 14.0. The van der Waals surface area contributed by atoms with E-state index in [0.717, 1.165) is 58.1 Å². The Bertz CT molecular complexity index is 515. The van der Waals surface area contributed by atoms with Gasteiger partial charge < -0.3 is 15.5 Å². The van der Waals surface area contributed by atoms with E-state index in [1.54, 1.807) is 0 Å². The fraction of sp³-hybridized carbons (Fsp3) is 0.667. The van der Waals surface area contributed by atoms with Gasteiger partial charge in [0.2, 0.25) is 0 Å². The van der Waals surface area contributed by atoms with Crippen molar-refractivity contribution in [1.82, 2.24) is 20.4 Å². The van der Waals surface area contributed by atoms with E-state index in [9.17, 15) is 0 Å². The van der Waals surface area contributed by atoms with Gasteiger partial charge in [0.25, 0.3) is 0 Å². The molecule has 0 radical (unpaired) electrons. The molecule has 27 heavy (non-hydrogen) atoms. The van der Waals surface area contributed by atoms with Crippen LogP contribution in [0.15, 0.2) is 35.3 Å². The molecule has 0 aliphatic carbocycles. The maximum absolute atomic E-state index is 4.81. The molecular formula is C21H38IN5. The number of halogens is 1. The van der Waals surface area contributed by atoms with Gasteiger partial charge in [-0.05, 0) is 38.8 Å². The number of nitrogens with one attached hydrogen (secondary N) is 2. The van der Waals surface area contributed by atoms with Gasteiger partial charge in [-0.25, -0.2) is 0 Å². The van der Waals surface area contributed by atoms with Gasteiger partial charge in [-0.1, -0.05) is 37.3 Å². The minimum absolute atomic E-state index is 0. The first kappa shape index (κ1) is 24.2. The summed E-state index contributed by atoms with van der Waals surface area (Å²) in [5.74, 6) is 0.944. The van der Waals surface area contributed by atoms with Crippen molar-refractivity contribution in [2.24, 2.45) is 4.99 Å². The van der Waals surface area contributed by atoms with Crippen LogP contribution in [-0.4, -0.2) is 74.2 Å². The number of likely N-dealkylation sites (N-methyl/N-ethyl adjacent to an activating group) is 1. The van der Waals surface area contributed by atoms with E-state index in [0.29, 0.717) is 6.04 Å². The quantitative estimate of drug-likeness (QED) is 0.243. The largest absolute Gasteiger partial charge is 0.357 e. The second-order valence-corrected chi connectivity index (χ2v) is 7.05. The number of hydrogen-bond acceptors (Lipinski definition) is 3. The van der Waals surface area contributed by atoms with Gasteiger partial charge in [-0.2, -0.15) is 0 Å². The molecule has 1 unspecified atom stereocenters. The first-order valence-corrected chi connectivity index (χ1v) is 10.3. The third-order valence-electron chi connectivity index (χ3n) is 5.11. The van der Waals surface area contributed by atoms with Crippen LogP contribution >= 0.6 is 24.0 Å². The van der Waals surface area contributed by atoms with Gasteiger partial charge in [0.05, 0.1) is 6.54 Å². The SMILES string of the molecule is CCNC(=NCC(C)N1CCN(CC)CC1)NCCCc1ccccc1.I. The molecular weight excluding hydrogens is 449 g/mol. The third-order valence-corrected chi connectivity index (χ3v) is 5.11. The molecule has 1 saturated heterocycles. The molecule has 0 saturated carbocycles. The normalized spacial score (nSPS) is 17.2. The topological polar surface area (TPSA) is 42.9 Å². The zero-order valence-corrected chi connectivity index (χ0v) is 19.6. The molecule has 0 bridgehead atoms. The summed E-state index contributed by atoms with van der Waals surface area (Å²) in [5, 5.41) is 6.85. The molecule has 5 nitrogen and oxygen atoms in total. The van der Waals surface area contributed by atoms with E-state index in [1.165, 1.54) is 18.7 Å². The Hall–Kier alpha value is -0.860. The molecule has 0 aromatic heterocycles. The van der Waals surface area contributed by atoms with Crippen molar-refractivity contribution < 1.29 is 0 Å². The van der Waals surface area contributed by atoms with E-state index < -0.39 is 0 Å². The molecule has 1 atom stereocenters. The monoisotopic (exact) mass is 487 g/mol. The maximum Gasteiger partial charge on any atom is 0.191 e. The maximum atomic E-state index is 4.81. The second kappa shape index (κ2) is 14.2. The highest BCUT2D eigenvalue weighted by atomic mass is 127. The summed E-state index contributed by atoms with van der Waals surface area (Å²) in [6.45, 7) is 15.2. The average Bonchev–Trinajstić information content (AvgIpc) is 2.70. The molecule has 1 heterocycles. The predicted octanol–water partition coefficient (Wildman–Crippen LogP) is 2.82. The summed E-state index contributed by atoms with van der Waals surface area (Å²) in [6, 6.07) is 11.2. The summed E-state index contributed by atoms with van der Waals surface area (Å²) in [4.78, 5) is 9.89. The van der Waals surface area contributed by atoms with Crippen LogP contribution in [0.1, 0.15) is 32.8 Å². The summed E-state index contributed by atoms with van der Waals surface area (Å²) in [6.07, 6.45) is 2.22. The Labute approximate surface area is 183 Å². The zero-order valence-electron chi connectivity index (χ0n) is 17.3. The number of benzene rings is 1. The standard InChI is InChI=1S/C21H37N5.HI/c1-4-22-21(23-13-9-12-20-10-7-6-8-11-20)24-18-19(3)26-16-14-25(5-2)15-17-26;/h6-8,10-11,19H,4-5,9,12-18H2,1-3H3,(H2,22,23,24);1H. The summed E-state index contributed by atoms with van der Waals surface area (Å²) in [5.41, 5.74) is 1.40. The highest BCUT2D eigenvalue weighted by Crippen LogP contribution is 2.06. The van der Waals surface area contributed by atoms with Crippen LogP contribution in [0.25, 0.3) is 0 Å². The fourth-order valence-corrected chi connectivity index (χ4v) is 3.34. The lowest BCUT2D eigenvalue weighted by Gasteiger charge is -2.37. The van der Waals surface area contributed by atoms with E-state index in [2.05, 4.69) is 71.5 Å². The number of rotatable bonds is 9. The molecule has 0 spiro atoms. The van der Waals surface area contributed by atoms with Gasteiger partial charge >= 0.3 is 0 Å². The molecule has 2 rings (SSSR count). The molecule has 2 N–H and O–H groups in total. The first-order chi connectivity index (χ1) is 12.7. The van der Waals surface area contributed by atoms with Crippen LogP contribution < -0.4 is 10.6 Å². The smallest absolute Gasteiger partial charge is 0.191 e. The van der Waals surface area contributed by atoms with Crippen molar-refractivity contribution in [3.05, 3.63) is 35.9 Å². The van der Waals surface area contributed by atoms with Gasteiger partial charge in [0, 0.05) is 45.3 Å². The van der Waals surface area contributed by atoms with Crippen LogP contribution in [0.3, 0.4) is 0 Å². The minimum atomic E-state index is 0. The van der Waals surface area contributed by atoms with Crippen LogP contribution in [0.4, 0.5) is 0 Å². The van der Waals surface area contributed by atoms with Gasteiger partial charge in [-0.3, -0.25) is 9.89 Å². The Balaban J connectivity index is 0.00000364. The van der Waals surface area contributed by atoms with Gasteiger partial charge in [0.15, 0.2) is 5.96 Å². The summed E-state index contributed by atoms with van der Waals surface area (Å²) >= 11 is 0. The van der Waals surface area contributed by atoms with Crippen molar-refractivity contribution >= 4 is 29.9 Å². The van der Waals surface area contributed by atoms with Crippen LogP contribution in [0.2, 0.25) is 0 Å². The molecule has 1 fully saturated rings. The minimum Gasteiger partial charge on any atom is -0.357 e. The molecule has 0 amide bonds. The third kappa shape index (κ3) is 9.25. The van der Waals surface area contributed by atoms with Crippen LogP contribution in [0, 0.1) is 0 Å². The number of piperazine rings is 1. The fourth-order valence-electron chi connectivity index (χ4n) is 3.34. The lowest BCUT2D eigenvalue weighted by atomic mass is 10.1. The Morgan fingerprint density at radius 3 is 2.41 bits per heavy atom. The first-order valence-electron chi connectivity index (χ1n) is 10.3. The van der Waals surface area contributed by atoms with E-state index in [1.807, 2.05) is 0 Å².